The van der Waals surface area contributed by atoms with Gasteiger partial charge in [-0.15, -0.1) is 35.9 Å². The summed E-state index contributed by atoms with van der Waals surface area (Å²) in [7, 11) is 0. The maximum atomic E-state index is 5.29. The molecule has 0 spiro atoms. The van der Waals surface area contributed by atoms with E-state index in [0.717, 1.165) is 27.9 Å². The monoisotopic (exact) mass is 505 g/mol. The molecule has 0 aliphatic rings. The minimum absolute atomic E-state index is 0. The Balaban J connectivity index is 0.000000339. The molecule has 0 N–H and O–H groups in total. The van der Waals surface area contributed by atoms with Gasteiger partial charge in [-0.3, -0.25) is 11.6 Å². The van der Waals surface area contributed by atoms with E-state index in [-0.39, 0.29) is 20.1 Å². The van der Waals surface area contributed by atoms with Crippen LogP contribution in [-0.4, -0.2) is 4.98 Å². The Morgan fingerprint density at radius 2 is 1.80 bits per heavy atom. The van der Waals surface area contributed by atoms with Crippen LogP contribution in [0.5, 0.6) is 0 Å². The normalized spacial score (nSPS) is 10.4. The SMILES string of the molecule is Cc1cc2ccccc2nc1-c1[c-]cccc1.[CH-]=C(C)C=C([CH2-])C.[Ir+3]. The number of aromatic nitrogens is 1. The zero-order valence-corrected chi connectivity index (χ0v) is 17.2. The third-order valence-electron chi connectivity index (χ3n) is 3.35. The second-order valence-corrected chi connectivity index (χ2v) is 5.86. The van der Waals surface area contributed by atoms with Crippen LogP contribution in [0.1, 0.15) is 19.4 Å². The van der Waals surface area contributed by atoms with Crippen molar-refractivity contribution in [2.45, 2.75) is 20.8 Å². The summed E-state index contributed by atoms with van der Waals surface area (Å²) in [5.74, 6) is 0. The van der Waals surface area contributed by atoms with Gasteiger partial charge in [0, 0.05) is 0 Å². The first-order valence-corrected chi connectivity index (χ1v) is 7.90. The Kier molecular flexibility index (Phi) is 8.34. The quantitative estimate of drug-likeness (QED) is 0.301. The fraction of sp³-hybridized carbons (Fsp3) is 0.130. The van der Waals surface area contributed by atoms with Crippen molar-refractivity contribution in [3.05, 3.63) is 97.0 Å². The van der Waals surface area contributed by atoms with Crippen molar-refractivity contribution >= 4 is 10.9 Å². The van der Waals surface area contributed by atoms with Crippen LogP contribution in [0, 0.1) is 26.5 Å². The van der Waals surface area contributed by atoms with Crippen molar-refractivity contribution in [3.8, 4) is 11.3 Å². The first-order valence-electron chi connectivity index (χ1n) is 7.90. The standard InChI is InChI=1S/C16H12N.C7H10.Ir/c1-12-11-14-9-5-6-10-15(14)17-16(12)13-7-3-2-4-8-13;1-6(2)5-7(3)4;/h2-7,9-11H,1H3;1,5H,3H2,2,4H3;/q-1;-2;+3. The Hall–Kier alpha value is -2.15. The topological polar surface area (TPSA) is 12.9 Å². The minimum atomic E-state index is 0. The van der Waals surface area contributed by atoms with Crippen molar-refractivity contribution < 1.29 is 20.1 Å². The Labute approximate surface area is 164 Å². The number of rotatable bonds is 2. The summed E-state index contributed by atoms with van der Waals surface area (Å²) in [6, 6.07) is 21.6. The van der Waals surface area contributed by atoms with Crippen LogP contribution in [0.3, 0.4) is 0 Å². The second-order valence-electron chi connectivity index (χ2n) is 5.86. The minimum Gasteiger partial charge on any atom is -0.296 e. The number of allylic oxidation sites excluding steroid dienone is 3. The van der Waals surface area contributed by atoms with Crippen LogP contribution in [0.25, 0.3) is 22.2 Å². The molecular weight excluding hydrogens is 482 g/mol. The molecule has 2 heteroatoms. The first kappa shape index (κ1) is 20.9. The van der Waals surface area contributed by atoms with Crippen molar-refractivity contribution in [2.24, 2.45) is 0 Å². The molecule has 0 aliphatic heterocycles. The van der Waals surface area contributed by atoms with Crippen LogP contribution in [0.15, 0.2) is 71.8 Å². The number of pyridine rings is 1. The third-order valence-corrected chi connectivity index (χ3v) is 3.35. The molecule has 1 nitrogen and oxygen atoms in total. The van der Waals surface area contributed by atoms with E-state index in [2.05, 4.69) is 32.0 Å². The van der Waals surface area contributed by atoms with E-state index in [9.17, 15) is 0 Å². The van der Waals surface area contributed by atoms with Crippen LogP contribution in [0.4, 0.5) is 0 Å². The number of hydrogen-bond donors (Lipinski definition) is 0. The number of para-hydroxylation sites is 1. The van der Waals surface area contributed by atoms with Crippen LogP contribution < -0.4 is 0 Å². The van der Waals surface area contributed by atoms with Gasteiger partial charge in [0.2, 0.25) is 0 Å². The van der Waals surface area contributed by atoms with Gasteiger partial charge in [-0.2, -0.15) is 0 Å². The summed E-state index contributed by atoms with van der Waals surface area (Å²) in [6.07, 6.45) is 1.83. The van der Waals surface area contributed by atoms with Gasteiger partial charge < -0.3 is 0 Å². The number of aryl methyl sites for hydroxylation is 1. The molecule has 0 amide bonds. The van der Waals surface area contributed by atoms with E-state index in [1.807, 2.05) is 62.4 Å². The molecule has 25 heavy (non-hydrogen) atoms. The fourth-order valence-corrected chi connectivity index (χ4v) is 2.42. The molecule has 1 aromatic heterocycles. The van der Waals surface area contributed by atoms with Gasteiger partial charge in [0.15, 0.2) is 0 Å². The largest absolute Gasteiger partial charge is 3.00 e. The van der Waals surface area contributed by atoms with Gasteiger partial charge in [0.1, 0.15) is 0 Å². The average molecular weight is 505 g/mol. The first-order chi connectivity index (χ1) is 11.5. The molecule has 1 heterocycles. The Morgan fingerprint density at radius 1 is 1.12 bits per heavy atom. The summed E-state index contributed by atoms with van der Waals surface area (Å²) in [6.45, 7) is 14.8. The smallest absolute Gasteiger partial charge is 0.296 e. The molecule has 3 aromatic rings. The molecule has 2 aromatic carbocycles. The molecule has 0 atom stereocenters. The van der Waals surface area contributed by atoms with E-state index in [4.69, 9.17) is 11.6 Å². The van der Waals surface area contributed by atoms with Crippen LogP contribution >= 0.6 is 0 Å². The molecule has 0 radical (unpaired) electrons. The predicted octanol–water partition coefficient (Wildman–Crippen LogP) is 6.15. The van der Waals surface area contributed by atoms with Gasteiger partial charge >= 0.3 is 20.1 Å². The summed E-state index contributed by atoms with van der Waals surface area (Å²) in [5.41, 5.74) is 6.10. The molecule has 0 fully saturated rings. The van der Waals surface area contributed by atoms with Crippen LogP contribution in [0.2, 0.25) is 0 Å². The third kappa shape index (κ3) is 6.34. The van der Waals surface area contributed by atoms with Gasteiger partial charge in [-0.05, 0) is 24.1 Å². The number of nitrogens with zero attached hydrogens (tertiary/aromatic N) is 1. The van der Waals surface area contributed by atoms with E-state index < -0.39 is 0 Å². The summed E-state index contributed by atoms with van der Waals surface area (Å²) >= 11 is 0. The van der Waals surface area contributed by atoms with Gasteiger partial charge in [-0.1, -0.05) is 43.7 Å². The predicted molar refractivity (Wildman–Crippen MR) is 103 cm³/mol. The molecule has 0 aliphatic carbocycles. The van der Waals surface area contributed by atoms with Gasteiger partial charge in [0.25, 0.3) is 0 Å². The second kappa shape index (κ2) is 9.98. The van der Waals surface area contributed by atoms with Crippen molar-refractivity contribution in [1.29, 1.82) is 0 Å². The maximum Gasteiger partial charge on any atom is 3.00 e. The number of benzene rings is 2. The molecule has 0 saturated heterocycles. The van der Waals surface area contributed by atoms with E-state index in [1.165, 1.54) is 10.9 Å². The number of hydrogen-bond acceptors (Lipinski definition) is 1. The van der Waals surface area contributed by atoms with Crippen molar-refractivity contribution in [1.82, 2.24) is 4.98 Å². The molecule has 128 valence electrons. The van der Waals surface area contributed by atoms with Gasteiger partial charge in [0.05, 0.1) is 5.52 Å². The molecule has 0 saturated carbocycles. The average Bonchev–Trinajstić information content (AvgIpc) is 2.54. The van der Waals surface area contributed by atoms with Crippen LogP contribution in [-0.2, 0) is 20.1 Å². The van der Waals surface area contributed by atoms with E-state index in [1.54, 1.807) is 0 Å². The number of fused-ring (bicyclic) bond motifs is 1. The molecule has 3 rings (SSSR count). The molecular formula is C23H22IrN. The van der Waals surface area contributed by atoms with Gasteiger partial charge in [-0.25, -0.2) is 24.1 Å². The maximum absolute atomic E-state index is 5.29. The molecule has 0 bridgehead atoms. The summed E-state index contributed by atoms with van der Waals surface area (Å²) < 4.78 is 0. The zero-order valence-electron chi connectivity index (χ0n) is 14.8. The summed E-state index contributed by atoms with van der Waals surface area (Å²) in [5, 5.41) is 1.18. The van der Waals surface area contributed by atoms with E-state index in [0.29, 0.717) is 0 Å². The van der Waals surface area contributed by atoms with Crippen molar-refractivity contribution in [2.75, 3.05) is 0 Å². The zero-order chi connectivity index (χ0) is 17.5. The van der Waals surface area contributed by atoms with Crippen molar-refractivity contribution in [3.63, 3.8) is 0 Å². The fourth-order valence-electron chi connectivity index (χ4n) is 2.42. The Bertz CT molecular complexity index is 860. The Morgan fingerprint density at radius 3 is 2.36 bits per heavy atom. The summed E-state index contributed by atoms with van der Waals surface area (Å²) in [4.78, 5) is 4.71. The molecule has 0 unspecified atom stereocenters. The van der Waals surface area contributed by atoms with E-state index >= 15 is 0 Å².